The van der Waals surface area contributed by atoms with Crippen molar-refractivity contribution in [2.45, 2.75) is 19.4 Å². The van der Waals surface area contributed by atoms with Crippen molar-refractivity contribution in [1.29, 1.82) is 0 Å². The quantitative estimate of drug-likeness (QED) is 0.545. The Bertz CT molecular complexity index is 1190. The zero-order chi connectivity index (χ0) is 20.0. The summed E-state index contributed by atoms with van der Waals surface area (Å²) in [6.45, 7) is 2.59. The van der Waals surface area contributed by atoms with Crippen LogP contribution in [-0.2, 0) is 6.42 Å². The largest absolute Gasteiger partial charge is 0.497 e. The number of amides is 1. The van der Waals surface area contributed by atoms with Crippen LogP contribution in [0.25, 0.3) is 10.9 Å². The Morgan fingerprint density at radius 1 is 1.17 bits per heavy atom. The summed E-state index contributed by atoms with van der Waals surface area (Å²) in [6, 6.07) is 16.0. The maximum Gasteiger partial charge on any atom is 0.275 e. The number of ether oxygens (including phenoxy) is 1. The van der Waals surface area contributed by atoms with Crippen molar-refractivity contribution in [3.63, 3.8) is 0 Å². The first-order valence-corrected chi connectivity index (χ1v) is 9.72. The number of fused-ring (bicyclic) bond motifs is 2. The molecule has 1 amide bonds. The van der Waals surface area contributed by atoms with Crippen molar-refractivity contribution in [2.24, 2.45) is 0 Å². The molecular formula is C23H22N4O2. The highest BCUT2D eigenvalue weighted by Crippen LogP contribution is 2.39. The first-order valence-electron chi connectivity index (χ1n) is 9.72. The molecule has 1 aliphatic rings. The van der Waals surface area contributed by atoms with Gasteiger partial charge in [0.15, 0.2) is 5.69 Å². The average molecular weight is 386 g/mol. The van der Waals surface area contributed by atoms with Crippen molar-refractivity contribution >= 4 is 16.8 Å². The molecule has 5 rings (SSSR count). The van der Waals surface area contributed by atoms with Gasteiger partial charge in [-0.1, -0.05) is 30.3 Å². The standard InChI is InChI=1S/C23H22N4O2/c1-14-20-21(26-25-14)23(28)27(22(20)15-6-4-3-5-7-15)11-10-16-13-24-19-9-8-17(29-2)12-18(16)19/h3-9,12-13,22,24H,10-11H2,1-2H3,(H,25,26)/t22-/m0/s1. The lowest BCUT2D eigenvalue weighted by molar-refractivity contribution is 0.0745. The first kappa shape index (κ1) is 17.6. The number of nitrogens with one attached hydrogen (secondary N) is 2. The summed E-state index contributed by atoms with van der Waals surface area (Å²) in [4.78, 5) is 18.4. The van der Waals surface area contributed by atoms with E-state index in [0.717, 1.165) is 39.9 Å². The highest BCUT2D eigenvalue weighted by molar-refractivity contribution is 5.98. The fourth-order valence-corrected chi connectivity index (χ4v) is 4.29. The lowest BCUT2D eigenvalue weighted by Gasteiger charge is -2.26. The number of benzene rings is 2. The zero-order valence-electron chi connectivity index (χ0n) is 16.4. The molecule has 1 atom stereocenters. The fourth-order valence-electron chi connectivity index (χ4n) is 4.29. The minimum atomic E-state index is -0.114. The summed E-state index contributed by atoms with van der Waals surface area (Å²) in [6.07, 6.45) is 2.77. The number of aromatic nitrogens is 3. The summed E-state index contributed by atoms with van der Waals surface area (Å²) < 4.78 is 5.37. The molecule has 0 fully saturated rings. The van der Waals surface area contributed by atoms with Crippen LogP contribution < -0.4 is 4.74 Å². The topological polar surface area (TPSA) is 74.0 Å². The molecule has 0 unspecified atom stereocenters. The summed E-state index contributed by atoms with van der Waals surface area (Å²) in [5.41, 5.74) is 5.81. The third-order valence-electron chi connectivity index (χ3n) is 5.76. The highest BCUT2D eigenvalue weighted by atomic mass is 16.5. The third kappa shape index (κ3) is 2.79. The number of hydrogen-bond donors (Lipinski definition) is 2. The lowest BCUT2D eigenvalue weighted by Crippen LogP contribution is -2.31. The summed E-state index contributed by atoms with van der Waals surface area (Å²) >= 11 is 0. The Morgan fingerprint density at radius 3 is 2.79 bits per heavy atom. The van der Waals surface area contributed by atoms with Crippen molar-refractivity contribution in [2.75, 3.05) is 13.7 Å². The molecule has 29 heavy (non-hydrogen) atoms. The second-order valence-electron chi connectivity index (χ2n) is 7.40. The molecule has 146 valence electrons. The minimum Gasteiger partial charge on any atom is -0.497 e. The van der Waals surface area contributed by atoms with Gasteiger partial charge >= 0.3 is 0 Å². The highest BCUT2D eigenvalue weighted by Gasteiger charge is 2.41. The second-order valence-corrected chi connectivity index (χ2v) is 7.40. The van der Waals surface area contributed by atoms with Crippen LogP contribution in [0.2, 0.25) is 0 Å². The van der Waals surface area contributed by atoms with E-state index in [4.69, 9.17) is 4.74 Å². The van der Waals surface area contributed by atoms with Gasteiger partial charge in [-0.25, -0.2) is 0 Å². The van der Waals surface area contributed by atoms with Crippen LogP contribution in [0, 0.1) is 6.92 Å². The first-order chi connectivity index (χ1) is 14.2. The molecule has 2 aromatic carbocycles. The number of carbonyl (C=O) groups is 1. The van der Waals surface area contributed by atoms with E-state index in [1.165, 1.54) is 5.56 Å². The van der Waals surface area contributed by atoms with Crippen LogP contribution in [-0.4, -0.2) is 39.6 Å². The van der Waals surface area contributed by atoms with Crippen LogP contribution in [0.4, 0.5) is 0 Å². The number of H-pyrrole nitrogens is 2. The predicted octanol–water partition coefficient (Wildman–Crippen LogP) is 4.00. The second kappa shape index (κ2) is 6.81. The average Bonchev–Trinajstić information content (AvgIpc) is 3.41. The van der Waals surface area contributed by atoms with E-state index in [0.29, 0.717) is 12.2 Å². The third-order valence-corrected chi connectivity index (χ3v) is 5.76. The molecule has 0 bridgehead atoms. The van der Waals surface area contributed by atoms with Gasteiger partial charge in [-0.3, -0.25) is 9.89 Å². The summed E-state index contributed by atoms with van der Waals surface area (Å²) in [5.74, 6) is 0.809. The Balaban J connectivity index is 1.48. The monoisotopic (exact) mass is 386 g/mol. The molecule has 0 radical (unpaired) electrons. The van der Waals surface area contributed by atoms with Gasteiger partial charge in [0.05, 0.1) is 13.2 Å². The van der Waals surface area contributed by atoms with Crippen LogP contribution in [0.15, 0.2) is 54.7 Å². The van der Waals surface area contributed by atoms with Crippen molar-refractivity contribution in [3.05, 3.63) is 82.8 Å². The molecule has 4 aromatic rings. The van der Waals surface area contributed by atoms with E-state index in [1.807, 2.05) is 54.4 Å². The van der Waals surface area contributed by atoms with E-state index in [2.05, 4.69) is 27.3 Å². The van der Waals surface area contributed by atoms with Gasteiger partial charge in [-0.15, -0.1) is 0 Å². The Hall–Kier alpha value is -3.54. The van der Waals surface area contributed by atoms with E-state index >= 15 is 0 Å². The molecule has 3 heterocycles. The normalized spacial score (nSPS) is 15.9. The number of hydrogen-bond acceptors (Lipinski definition) is 3. The van der Waals surface area contributed by atoms with Gasteiger partial charge in [0.25, 0.3) is 5.91 Å². The van der Waals surface area contributed by atoms with Crippen molar-refractivity contribution in [1.82, 2.24) is 20.1 Å². The molecule has 6 heteroatoms. The number of aromatic amines is 2. The molecule has 6 nitrogen and oxygen atoms in total. The van der Waals surface area contributed by atoms with E-state index < -0.39 is 0 Å². The molecule has 0 saturated heterocycles. The molecule has 0 spiro atoms. The number of methoxy groups -OCH3 is 1. The SMILES string of the molecule is COc1ccc2[nH]cc(CCN3C(=O)c4n[nH]c(C)c4[C@@H]3c3ccccc3)c2c1. The van der Waals surface area contributed by atoms with Crippen molar-refractivity contribution in [3.8, 4) is 5.75 Å². The number of aryl methyl sites for hydroxylation is 1. The van der Waals surface area contributed by atoms with Gasteiger partial charge in [0.2, 0.25) is 0 Å². The Labute approximate surface area is 168 Å². The zero-order valence-corrected chi connectivity index (χ0v) is 16.4. The summed E-state index contributed by atoms with van der Waals surface area (Å²) in [5, 5.41) is 8.39. The van der Waals surface area contributed by atoms with Crippen LogP contribution >= 0.6 is 0 Å². The maximum absolute atomic E-state index is 13.1. The Kier molecular flexibility index (Phi) is 4.12. The van der Waals surface area contributed by atoms with Crippen LogP contribution in [0.1, 0.15) is 38.9 Å². The fraction of sp³-hybridized carbons (Fsp3) is 0.217. The van der Waals surface area contributed by atoms with E-state index in [-0.39, 0.29) is 11.9 Å². The van der Waals surface area contributed by atoms with E-state index in [1.54, 1.807) is 7.11 Å². The summed E-state index contributed by atoms with van der Waals surface area (Å²) in [7, 11) is 1.67. The number of carbonyl (C=O) groups excluding carboxylic acids is 1. The van der Waals surface area contributed by atoms with Gasteiger partial charge in [0.1, 0.15) is 5.75 Å². The minimum absolute atomic E-state index is 0.0179. The lowest BCUT2D eigenvalue weighted by atomic mass is 9.99. The molecule has 0 aliphatic carbocycles. The number of nitrogens with zero attached hydrogens (tertiary/aromatic N) is 2. The Morgan fingerprint density at radius 2 is 2.00 bits per heavy atom. The molecule has 2 N–H and O–H groups in total. The van der Waals surface area contributed by atoms with Crippen LogP contribution in [0.5, 0.6) is 5.75 Å². The molecular weight excluding hydrogens is 364 g/mol. The maximum atomic E-state index is 13.1. The van der Waals surface area contributed by atoms with Gasteiger partial charge in [-0.05, 0) is 42.7 Å². The molecule has 1 aliphatic heterocycles. The number of rotatable bonds is 5. The van der Waals surface area contributed by atoms with E-state index in [9.17, 15) is 4.79 Å². The van der Waals surface area contributed by atoms with Gasteiger partial charge < -0.3 is 14.6 Å². The van der Waals surface area contributed by atoms with Gasteiger partial charge in [0, 0.05) is 34.9 Å². The molecule has 0 saturated carbocycles. The predicted molar refractivity (Wildman–Crippen MR) is 111 cm³/mol. The molecule has 2 aromatic heterocycles. The van der Waals surface area contributed by atoms with Crippen LogP contribution in [0.3, 0.4) is 0 Å². The smallest absolute Gasteiger partial charge is 0.275 e. The van der Waals surface area contributed by atoms with Crippen molar-refractivity contribution < 1.29 is 9.53 Å². The van der Waals surface area contributed by atoms with Gasteiger partial charge in [-0.2, -0.15) is 5.10 Å².